The molecule has 1 N–H and O–H groups in total. The number of fused-ring (bicyclic) bond motifs is 1. The topological polar surface area (TPSA) is 58.6 Å². The van der Waals surface area contributed by atoms with E-state index in [1.54, 1.807) is 24.3 Å². The van der Waals surface area contributed by atoms with Crippen LogP contribution < -0.4 is 10.1 Å². The van der Waals surface area contributed by atoms with E-state index >= 15 is 0 Å². The number of likely N-dealkylation sites (tertiary alicyclic amines) is 1. The van der Waals surface area contributed by atoms with Gasteiger partial charge in [0.15, 0.2) is 5.06 Å². The molecule has 2 aliphatic heterocycles. The van der Waals surface area contributed by atoms with E-state index < -0.39 is 9.84 Å². The van der Waals surface area contributed by atoms with Crippen molar-refractivity contribution >= 4 is 21.2 Å². The second-order valence-electron chi connectivity index (χ2n) is 7.11. The molecule has 1 aromatic carbocycles. The van der Waals surface area contributed by atoms with Gasteiger partial charge in [-0.2, -0.15) is 0 Å². The van der Waals surface area contributed by atoms with Crippen LogP contribution in [-0.2, 0) is 22.8 Å². The molecule has 1 fully saturated rings. The van der Waals surface area contributed by atoms with Crippen LogP contribution >= 0.6 is 11.3 Å². The average Bonchev–Trinajstić information content (AvgIpc) is 3.33. The summed E-state index contributed by atoms with van der Waals surface area (Å²) in [5.41, 5.74) is 0.893. The lowest BCUT2D eigenvalue weighted by Gasteiger charge is -2.15. The summed E-state index contributed by atoms with van der Waals surface area (Å²) in [7, 11) is -3.59. The second kappa shape index (κ2) is 8.31. The molecule has 0 unspecified atom stereocenters. The summed E-state index contributed by atoms with van der Waals surface area (Å²) < 4.78 is 32.7. The Hall–Kier alpha value is -1.41. The monoisotopic (exact) mass is 406 g/mol. The molecule has 0 bridgehead atoms. The summed E-state index contributed by atoms with van der Waals surface area (Å²) >= 11 is 1.51. The van der Waals surface area contributed by atoms with Gasteiger partial charge in [-0.1, -0.05) is 18.2 Å². The van der Waals surface area contributed by atoms with Gasteiger partial charge in [-0.3, -0.25) is 0 Å². The zero-order chi connectivity index (χ0) is 18.7. The maximum atomic E-state index is 13.3. The molecule has 0 atom stereocenters. The lowest BCUT2D eigenvalue weighted by molar-refractivity contribution is 0.264. The van der Waals surface area contributed by atoms with E-state index in [4.69, 9.17) is 4.74 Å². The van der Waals surface area contributed by atoms with Crippen molar-refractivity contribution in [3.63, 3.8) is 0 Å². The lowest BCUT2D eigenvalue weighted by atomic mass is 10.1. The predicted octanol–water partition coefficient (Wildman–Crippen LogP) is 3.09. The van der Waals surface area contributed by atoms with E-state index in [9.17, 15) is 8.42 Å². The van der Waals surface area contributed by atoms with Gasteiger partial charge < -0.3 is 15.0 Å². The first-order valence-electron chi connectivity index (χ1n) is 9.67. The van der Waals surface area contributed by atoms with Crippen molar-refractivity contribution in [3.8, 4) is 5.06 Å². The molecule has 0 saturated carbocycles. The molecule has 2 aromatic rings. The average molecular weight is 407 g/mol. The Morgan fingerprint density at radius 1 is 1.15 bits per heavy atom. The van der Waals surface area contributed by atoms with E-state index in [1.165, 1.54) is 37.3 Å². The van der Waals surface area contributed by atoms with Gasteiger partial charge in [0.1, 0.15) is 4.90 Å². The molecule has 27 heavy (non-hydrogen) atoms. The normalized spacial score (nSPS) is 17.8. The zero-order valence-electron chi connectivity index (χ0n) is 15.4. The van der Waals surface area contributed by atoms with Crippen LogP contribution in [0.2, 0.25) is 0 Å². The maximum absolute atomic E-state index is 13.3. The standard InChI is InChI=1S/C20H26N2O3S2/c23-27(24,16-7-2-1-3-8-16)19-17-15-21-10-9-18(17)26-20(19)25-14-6-13-22-11-4-5-12-22/h1-3,7-8,21H,4-6,9-15H2. The Bertz CT molecular complexity index is 872. The first-order chi connectivity index (χ1) is 13.2. The summed E-state index contributed by atoms with van der Waals surface area (Å²) in [6, 6.07) is 8.68. The quantitative estimate of drug-likeness (QED) is 0.716. The van der Waals surface area contributed by atoms with Crippen LogP contribution in [0.25, 0.3) is 0 Å². The molecule has 3 heterocycles. The summed E-state index contributed by atoms with van der Waals surface area (Å²) in [5.74, 6) is 0. The van der Waals surface area contributed by atoms with Gasteiger partial charge in [0.05, 0.1) is 11.5 Å². The van der Waals surface area contributed by atoms with Crippen molar-refractivity contribution in [2.75, 3.05) is 32.8 Å². The van der Waals surface area contributed by atoms with Crippen LogP contribution in [0.15, 0.2) is 40.1 Å². The fourth-order valence-electron chi connectivity index (χ4n) is 3.81. The number of benzene rings is 1. The number of hydrogen-bond donors (Lipinski definition) is 1. The molecular weight excluding hydrogens is 380 g/mol. The van der Waals surface area contributed by atoms with Crippen LogP contribution in [0.5, 0.6) is 5.06 Å². The number of hydrogen-bond acceptors (Lipinski definition) is 6. The summed E-state index contributed by atoms with van der Waals surface area (Å²) in [4.78, 5) is 4.30. The third-order valence-corrected chi connectivity index (χ3v) is 8.41. The highest BCUT2D eigenvalue weighted by Crippen LogP contribution is 2.42. The summed E-state index contributed by atoms with van der Waals surface area (Å²) in [5, 5.41) is 3.87. The Morgan fingerprint density at radius 2 is 1.93 bits per heavy atom. The zero-order valence-corrected chi connectivity index (χ0v) is 17.1. The van der Waals surface area contributed by atoms with E-state index in [0.717, 1.165) is 36.4 Å². The smallest absolute Gasteiger partial charge is 0.211 e. The Labute approximate surface area is 165 Å². The van der Waals surface area contributed by atoms with Crippen molar-refractivity contribution < 1.29 is 13.2 Å². The van der Waals surface area contributed by atoms with E-state index in [2.05, 4.69) is 10.2 Å². The molecule has 1 saturated heterocycles. The Kier molecular flexibility index (Phi) is 5.82. The largest absolute Gasteiger partial charge is 0.483 e. The molecule has 0 spiro atoms. The molecular formula is C20H26N2O3S2. The number of nitrogens with zero attached hydrogens (tertiary/aromatic N) is 1. The van der Waals surface area contributed by atoms with Gasteiger partial charge in [0, 0.05) is 30.1 Å². The van der Waals surface area contributed by atoms with Crippen LogP contribution in [0.1, 0.15) is 29.7 Å². The van der Waals surface area contributed by atoms with E-state index in [1.807, 2.05) is 6.07 Å². The lowest BCUT2D eigenvalue weighted by Crippen LogP contribution is -2.23. The highest BCUT2D eigenvalue weighted by molar-refractivity contribution is 7.91. The summed E-state index contributed by atoms with van der Waals surface area (Å²) in [6.07, 6.45) is 4.34. The van der Waals surface area contributed by atoms with Crippen LogP contribution in [0.4, 0.5) is 0 Å². The third kappa shape index (κ3) is 4.06. The molecule has 146 valence electrons. The van der Waals surface area contributed by atoms with Crippen molar-refractivity contribution in [1.82, 2.24) is 10.2 Å². The number of thiophene rings is 1. The summed E-state index contributed by atoms with van der Waals surface area (Å²) in [6.45, 7) is 5.39. The van der Waals surface area contributed by atoms with Crippen molar-refractivity contribution in [2.45, 2.75) is 42.0 Å². The minimum absolute atomic E-state index is 0.332. The van der Waals surface area contributed by atoms with Crippen LogP contribution in [0, 0.1) is 0 Å². The van der Waals surface area contributed by atoms with Gasteiger partial charge in [0.25, 0.3) is 0 Å². The van der Waals surface area contributed by atoms with Gasteiger partial charge in [0.2, 0.25) is 9.84 Å². The molecule has 4 rings (SSSR count). The van der Waals surface area contributed by atoms with E-state index in [-0.39, 0.29) is 0 Å². The highest BCUT2D eigenvalue weighted by Gasteiger charge is 2.31. The molecule has 0 amide bonds. The fraction of sp³-hybridized carbons (Fsp3) is 0.500. The van der Waals surface area contributed by atoms with Crippen LogP contribution in [0.3, 0.4) is 0 Å². The molecule has 7 heteroatoms. The maximum Gasteiger partial charge on any atom is 0.211 e. The van der Waals surface area contributed by atoms with Crippen molar-refractivity contribution in [3.05, 3.63) is 40.8 Å². The van der Waals surface area contributed by atoms with Gasteiger partial charge in [-0.25, -0.2) is 8.42 Å². The minimum Gasteiger partial charge on any atom is -0.483 e. The van der Waals surface area contributed by atoms with Gasteiger partial charge >= 0.3 is 0 Å². The minimum atomic E-state index is -3.59. The van der Waals surface area contributed by atoms with Crippen molar-refractivity contribution in [2.24, 2.45) is 0 Å². The number of sulfone groups is 1. The predicted molar refractivity (Wildman–Crippen MR) is 107 cm³/mol. The Morgan fingerprint density at radius 3 is 2.70 bits per heavy atom. The SMILES string of the molecule is O=S(=O)(c1ccccc1)c1c(OCCCN2CCCC2)sc2c1CNCC2. The molecule has 1 aromatic heterocycles. The van der Waals surface area contributed by atoms with E-state index in [0.29, 0.717) is 28.0 Å². The first-order valence-corrected chi connectivity index (χ1v) is 12.0. The van der Waals surface area contributed by atoms with Crippen LogP contribution in [-0.4, -0.2) is 46.1 Å². The fourth-order valence-corrected chi connectivity index (χ4v) is 6.96. The molecule has 2 aliphatic rings. The van der Waals surface area contributed by atoms with Gasteiger partial charge in [-0.15, -0.1) is 11.3 Å². The first kappa shape index (κ1) is 18.9. The number of ether oxygens (including phenoxy) is 1. The van der Waals surface area contributed by atoms with Crippen molar-refractivity contribution in [1.29, 1.82) is 0 Å². The number of nitrogens with one attached hydrogen (secondary N) is 1. The molecule has 0 aliphatic carbocycles. The highest BCUT2D eigenvalue weighted by atomic mass is 32.2. The third-order valence-electron chi connectivity index (χ3n) is 5.22. The molecule has 0 radical (unpaired) electrons. The Balaban J connectivity index is 1.57. The second-order valence-corrected chi connectivity index (χ2v) is 10.1. The number of rotatable bonds is 7. The molecule has 5 nitrogen and oxygen atoms in total. The van der Waals surface area contributed by atoms with Gasteiger partial charge in [-0.05, 0) is 50.9 Å².